The molecule has 1 atom stereocenters. The minimum atomic E-state index is -3.26. The zero-order valence-electron chi connectivity index (χ0n) is 8.66. The van der Waals surface area contributed by atoms with E-state index in [1.807, 2.05) is 6.92 Å². The molecule has 0 aromatic heterocycles. The largest absolute Gasteiger partial charge is 0.396 e. The normalized spacial score (nSPS) is 15.8. The molecule has 80 valence electrons. The summed E-state index contributed by atoms with van der Waals surface area (Å²) >= 11 is 0. The van der Waals surface area contributed by atoms with Crippen molar-refractivity contribution in [3.05, 3.63) is 0 Å². The molecule has 4 nitrogen and oxygen atoms in total. The summed E-state index contributed by atoms with van der Waals surface area (Å²) in [6, 6.07) is 0. The molecule has 0 amide bonds. The number of rotatable bonds is 5. The molecule has 0 aliphatic rings. The molecule has 0 fully saturated rings. The van der Waals surface area contributed by atoms with Crippen LogP contribution in [0.1, 0.15) is 27.2 Å². The van der Waals surface area contributed by atoms with Crippen LogP contribution in [0.25, 0.3) is 0 Å². The molecule has 0 bridgehead atoms. The van der Waals surface area contributed by atoms with Crippen LogP contribution in [0.3, 0.4) is 0 Å². The summed E-state index contributed by atoms with van der Waals surface area (Å²) in [5, 5.41) is 8.82. The SMILES string of the molecule is CNS(=O)(=O)C(C)(C)CC(C)CO. The second-order valence-corrected chi connectivity index (χ2v) is 6.48. The Labute approximate surface area is 80.4 Å². The Morgan fingerprint density at radius 3 is 2.23 bits per heavy atom. The second kappa shape index (κ2) is 4.39. The van der Waals surface area contributed by atoms with Crippen LogP contribution in [-0.4, -0.2) is 31.9 Å². The third kappa shape index (κ3) is 3.25. The van der Waals surface area contributed by atoms with Gasteiger partial charge in [-0.3, -0.25) is 0 Å². The fourth-order valence-corrected chi connectivity index (χ4v) is 2.35. The first-order valence-corrected chi connectivity index (χ1v) is 5.79. The van der Waals surface area contributed by atoms with Crippen molar-refractivity contribution in [3.8, 4) is 0 Å². The first-order valence-electron chi connectivity index (χ1n) is 4.31. The zero-order chi connectivity index (χ0) is 10.7. The quantitative estimate of drug-likeness (QED) is 0.686. The molecular weight excluding hydrogens is 190 g/mol. The number of hydrogen-bond acceptors (Lipinski definition) is 3. The summed E-state index contributed by atoms with van der Waals surface area (Å²) in [5.74, 6) is -0.00174. The van der Waals surface area contributed by atoms with Crippen molar-refractivity contribution >= 4 is 10.0 Å². The Morgan fingerprint density at radius 2 is 1.92 bits per heavy atom. The lowest BCUT2D eigenvalue weighted by molar-refractivity contribution is 0.221. The number of aliphatic hydroxyl groups is 1. The molecule has 5 heteroatoms. The van der Waals surface area contributed by atoms with Crippen molar-refractivity contribution in [2.24, 2.45) is 5.92 Å². The van der Waals surface area contributed by atoms with E-state index in [9.17, 15) is 8.42 Å². The molecule has 0 aliphatic heterocycles. The van der Waals surface area contributed by atoms with E-state index in [-0.39, 0.29) is 12.5 Å². The van der Waals surface area contributed by atoms with E-state index in [0.717, 1.165) is 0 Å². The maximum Gasteiger partial charge on any atom is 0.216 e. The average molecular weight is 209 g/mol. The van der Waals surface area contributed by atoms with Gasteiger partial charge in [-0.1, -0.05) is 6.92 Å². The highest BCUT2D eigenvalue weighted by atomic mass is 32.2. The van der Waals surface area contributed by atoms with E-state index in [2.05, 4.69) is 4.72 Å². The summed E-state index contributed by atoms with van der Waals surface area (Å²) in [7, 11) is -1.86. The van der Waals surface area contributed by atoms with Crippen LogP contribution in [0.5, 0.6) is 0 Å². The molecule has 0 aromatic carbocycles. The van der Waals surface area contributed by atoms with Gasteiger partial charge in [0.25, 0.3) is 0 Å². The Bertz CT molecular complexity index is 246. The average Bonchev–Trinajstić information content (AvgIpc) is 2.03. The highest BCUT2D eigenvalue weighted by molar-refractivity contribution is 7.90. The maximum atomic E-state index is 11.5. The maximum absolute atomic E-state index is 11.5. The van der Waals surface area contributed by atoms with Crippen LogP contribution in [0.15, 0.2) is 0 Å². The van der Waals surface area contributed by atoms with Crippen molar-refractivity contribution in [1.82, 2.24) is 4.72 Å². The standard InChI is InChI=1S/C8H19NO3S/c1-7(6-10)5-8(2,3)13(11,12)9-4/h7,9-10H,5-6H2,1-4H3. The molecule has 0 saturated carbocycles. The van der Waals surface area contributed by atoms with Gasteiger partial charge in [-0.05, 0) is 33.2 Å². The Kier molecular flexibility index (Phi) is 4.35. The van der Waals surface area contributed by atoms with Crippen molar-refractivity contribution in [1.29, 1.82) is 0 Å². The van der Waals surface area contributed by atoms with Crippen LogP contribution in [0, 0.1) is 5.92 Å². The van der Waals surface area contributed by atoms with Gasteiger partial charge in [-0.2, -0.15) is 0 Å². The number of aliphatic hydroxyl groups excluding tert-OH is 1. The monoisotopic (exact) mass is 209 g/mol. The zero-order valence-corrected chi connectivity index (χ0v) is 9.48. The van der Waals surface area contributed by atoms with E-state index in [1.54, 1.807) is 13.8 Å². The lowest BCUT2D eigenvalue weighted by Gasteiger charge is -2.26. The van der Waals surface area contributed by atoms with E-state index in [4.69, 9.17) is 5.11 Å². The third-order valence-corrected chi connectivity index (χ3v) is 4.31. The van der Waals surface area contributed by atoms with Crippen molar-refractivity contribution in [2.45, 2.75) is 31.9 Å². The highest BCUT2D eigenvalue weighted by Crippen LogP contribution is 2.23. The summed E-state index contributed by atoms with van der Waals surface area (Å²) < 4.78 is 24.4. The van der Waals surface area contributed by atoms with Crippen molar-refractivity contribution < 1.29 is 13.5 Å². The molecule has 0 saturated heterocycles. The van der Waals surface area contributed by atoms with Gasteiger partial charge in [-0.15, -0.1) is 0 Å². The van der Waals surface area contributed by atoms with Crippen LogP contribution >= 0.6 is 0 Å². The number of nitrogens with one attached hydrogen (secondary N) is 1. The summed E-state index contributed by atoms with van der Waals surface area (Å²) in [6.07, 6.45) is 0.451. The van der Waals surface area contributed by atoms with Crippen LogP contribution < -0.4 is 4.72 Å². The fraction of sp³-hybridized carbons (Fsp3) is 1.00. The Morgan fingerprint density at radius 1 is 1.46 bits per heavy atom. The van der Waals surface area contributed by atoms with Gasteiger partial charge in [0.15, 0.2) is 0 Å². The topological polar surface area (TPSA) is 66.4 Å². The minimum Gasteiger partial charge on any atom is -0.396 e. The van der Waals surface area contributed by atoms with Gasteiger partial charge in [-0.25, -0.2) is 13.1 Å². The van der Waals surface area contributed by atoms with Crippen LogP contribution in [0.4, 0.5) is 0 Å². The lowest BCUT2D eigenvalue weighted by Crippen LogP contribution is -2.41. The summed E-state index contributed by atoms with van der Waals surface area (Å²) in [6.45, 7) is 5.16. The minimum absolute atomic E-state index is 0.00174. The molecule has 0 aliphatic carbocycles. The van der Waals surface area contributed by atoms with E-state index in [1.165, 1.54) is 7.05 Å². The molecule has 0 rings (SSSR count). The number of hydrogen-bond donors (Lipinski definition) is 2. The smallest absolute Gasteiger partial charge is 0.216 e. The Balaban J connectivity index is 4.58. The predicted octanol–water partition coefficient (Wildman–Crippen LogP) is 0.333. The van der Waals surface area contributed by atoms with Gasteiger partial charge in [0, 0.05) is 6.61 Å². The van der Waals surface area contributed by atoms with Crippen molar-refractivity contribution in [3.63, 3.8) is 0 Å². The van der Waals surface area contributed by atoms with Gasteiger partial charge in [0.1, 0.15) is 0 Å². The third-order valence-electron chi connectivity index (χ3n) is 2.15. The predicted molar refractivity (Wildman–Crippen MR) is 52.9 cm³/mol. The van der Waals surface area contributed by atoms with Crippen molar-refractivity contribution in [2.75, 3.05) is 13.7 Å². The molecule has 0 radical (unpaired) electrons. The van der Waals surface area contributed by atoms with Gasteiger partial charge in [0.05, 0.1) is 4.75 Å². The fourth-order valence-electron chi connectivity index (χ4n) is 1.29. The first-order chi connectivity index (χ1) is 5.77. The number of sulfonamides is 1. The van der Waals surface area contributed by atoms with E-state index >= 15 is 0 Å². The molecule has 0 aromatic rings. The molecule has 13 heavy (non-hydrogen) atoms. The highest BCUT2D eigenvalue weighted by Gasteiger charge is 2.34. The van der Waals surface area contributed by atoms with Crippen LogP contribution in [0.2, 0.25) is 0 Å². The van der Waals surface area contributed by atoms with E-state index < -0.39 is 14.8 Å². The molecule has 2 N–H and O–H groups in total. The molecular formula is C8H19NO3S. The van der Waals surface area contributed by atoms with E-state index in [0.29, 0.717) is 6.42 Å². The lowest BCUT2D eigenvalue weighted by atomic mass is 9.99. The Hall–Kier alpha value is -0.130. The van der Waals surface area contributed by atoms with Gasteiger partial charge >= 0.3 is 0 Å². The summed E-state index contributed by atoms with van der Waals surface area (Å²) in [5.41, 5.74) is 0. The molecule has 0 spiro atoms. The molecule has 0 heterocycles. The second-order valence-electron chi connectivity index (χ2n) is 3.96. The van der Waals surface area contributed by atoms with Gasteiger partial charge < -0.3 is 5.11 Å². The summed E-state index contributed by atoms with van der Waals surface area (Å²) in [4.78, 5) is 0. The van der Waals surface area contributed by atoms with Gasteiger partial charge in [0.2, 0.25) is 10.0 Å². The van der Waals surface area contributed by atoms with Crippen LogP contribution in [-0.2, 0) is 10.0 Å². The first kappa shape index (κ1) is 12.9. The molecule has 1 unspecified atom stereocenters.